The van der Waals surface area contributed by atoms with E-state index in [1.807, 2.05) is 0 Å². The quantitative estimate of drug-likeness (QED) is 0.132. The van der Waals surface area contributed by atoms with Crippen molar-refractivity contribution in [2.75, 3.05) is 38.3 Å². The number of aromatic nitrogens is 1. The van der Waals surface area contributed by atoms with Gasteiger partial charge in [0.15, 0.2) is 23.1 Å². The number of fused-ring (bicyclic) bond motifs is 1. The predicted octanol–water partition coefficient (Wildman–Crippen LogP) is 6.89. The fraction of sp³-hybridized carbons (Fsp3) is 0.361. The molecule has 47 heavy (non-hydrogen) atoms. The van der Waals surface area contributed by atoms with E-state index in [1.54, 1.807) is 31.5 Å². The number of hydrogen-bond acceptors (Lipinski definition) is 7. The van der Waals surface area contributed by atoms with Gasteiger partial charge in [-0.25, -0.2) is 8.78 Å². The number of halogens is 2. The first-order valence-electron chi connectivity index (χ1n) is 16.0. The summed E-state index contributed by atoms with van der Waals surface area (Å²) in [5.74, 6) is -1.29. The fourth-order valence-electron chi connectivity index (χ4n) is 6.26. The van der Waals surface area contributed by atoms with Crippen LogP contribution in [0.3, 0.4) is 0 Å². The van der Waals surface area contributed by atoms with Gasteiger partial charge in [-0.1, -0.05) is 12.8 Å². The van der Waals surface area contributed by atoms with E-state index >= 15 is 4.39 Å². The van der Waals surface area contributed by atoms with Crippen LogP contribution < -0.4 is 24.8 Å². The van der Waals surface area contributed by atoms with Crippen LogP contribution >= 0.6 is 0 Å². The van der Waals surface area contributed by atoms with Gasteiger partial charge in [-0.15, -0.1) is 0 Å². The first-order chi connectivity index (χ1) is 22.8. The highest BCUT2D eigenvalue weighted by Gasteiger charge is 2.52. The Morgan fingerprint density at radius 2 is 1.64 bits per heavy atom. The Morgan fingerprint density at radius 3 is 2.30 bits per heavy atom. The molecule has 0 spiro atoms. The molecule has 2 amide bonds. The molecule has 1 aliphatic heterocycles. The second-order valence-electron chi connectivity index (χ2n) is 12.1. The lowest BCUT2D eigenvalue weighted by atomic mass is 9.67. The molecule has 1 aromatic heterocycles. The summed E-state index contributed by atoms with van der Waals surface area (Å²) in [6.45, 7) is 3.79. The molecule has 0 bridgehead atoms. The van der Waals surface area contributed by atoms with Gasteiger partial charge in [0.2, 0.25) is 11.8 Å². The summed E-state index contributed by atoms with van der Waals surface area (Å²) in [4.78, 5) is 34.3. The second kappa shape index (κ2) is 13.9. The number of nitrogens with zero attached hydrogens (tertiary/aromatic N) is 3. The van der Waals surface area contributed by atoms with E-state index in [2.05, 4.69) is 9.88 Å². The number of ether oxygens (including phenoxy) is 3. The van der Waals surface area contributed by atoms with Crippen LogP contribution in [0, 0.1) is 17.0 Å². The summed E-state index contributed by atoms with van der Waals surface area (Å²) in [6.07, 6.45) is 7.47. The highest BCUT2D eigenvalue weighted by Crippen LogP contribution is 2.45. The van der Waals surface area contributed by atoms with Gasteiger partial charge in [-0.05, 0) is 93.7 Å². The molecule has 246 valence electrons. The number of pyridine rings is 1. The number of benzene rings is 3. The van der Waals surface area contributed by atoms with Crippen LogP contribution in [0.1, 0.15) is 44.9 Å². The lowest BCUT2D eigenvalue weighted by Gasteiger charge is -2.40. The topological polar surface area (TPSA) is 107 Å². The number of primary amides is 1. The standard InChI is InChI=1S/C36H38F2N4O5/c1-45-32-22-27-29(23-33(32)46-20-6-19-41-17-3-2-4-18-41)40-16-13-30(27)47-31-12-11-26(21-28(31)38)42(25-9-7-24(37)8-10-25)35(44)36(34(39)43)14-5-15-36/h7-13,16,21-23H,2-6,14-15,17-20H2,1H3,(H2,39,43). The average molecular weight is 645 g/mol. The molecule has 2 fully saturated rings. The van der Waals surface area contributed by atoms with E-state index in [-0.39, 0.29) is 30.0 Å². The number of carbonyl (C=O) groups is 2. The normalized spacial score (nSPS) is 15.9. The number of anilines is 2. The van der Waals surface area contributed by atoms with Crippen LogP contribution in [0.5, 0.6) is 23.0 Å². The van der Waals surface area contributed by atoms with E-state index in [9.17, 15) is 14.0 Å². The molecular formula is C36H38F2N4O5. The molecular weight excluding hydrogens is 606 g/mol. The largest absolute Gasteiger partial charge is 0.493 e. The molecule has 0 unspecified atom stereocenters. The Bertz CT molecular complexity index is 1760. The summed E-state index contributed by atoms with van der Waals surface area (Å²) in [5, 5.41) is 0.588. The maximum Gasteiger partial charge on any atom is 0.247 e. The molecule has 0 atom stereocenters. The van der Waals surface area contributed by atoms with Crippen molar-refractivity contribution in [3.05, 3.63) is 78.5 Å². The summed E-state index contributed by atoms with van der Waals surface area (Å²) >= 11 is 0. The van der Waals surface area contributed by atoms with E-state index in [0.717, 1.165) is 32.1 Å². The van der Waals surface area contributed by atoms with E-state index in [1.165, 1.54) is 60.6 Å². The minimum atomic E-state index is -1.41. The van der Waals surface area contributed by atoms with Crippen molar-refractivity contribution in [2.24, 2.45) is 11.1 Å². The molecule has 1 aliphatic carbocycles. The van der Waals surface area contributed by atoms with Crippen LogP contribution in [-0.2, 0) is 9.59 Å². The minimum absolute atomic E-state index is 0.0991. The van der Waals surface area contributed by atoms with E-state index < -0.39 is 28.9 Å². The number of hydrogen-bond donors (Lipinski definition) is 1. The molecule has 6 rings (SSSR count). The van der Waals surface area contributed by atoms with Crippen LogP contribution in [0.2, 0.25) is 0 Å². The number of piperidine rings is 1. The summed E-state index contributed by atoms with van der Waals surface area (Å²) in [5.41, 5.74) is 5.24. The number of methoxy groups -OCH3 is 1. The van der Waals surface area contributed by atoms with Crippen LogP contribution in [-0.4, -0.2) is 55.0 Å². The molecule has 3 aromatic carbocycles. The Kier molecular flexibility index (Phi) is 9.53. The Balaban J connectivity index is 1.24. The van der Waals surface area contributed by atoms with Crippen molar-refractivity contribution < 1.29 is 32.6 Å². The van der Waals surface area contributed by atoms with Gasteiger partial charge in [0.05, 0.1) is 24.9 Å². The van der Waals surface area contributed by atoms with Crippen LogP contribution in [0.4, 0.5) is 20.2 Å². The van der Waals surface area contributed by atoms with Crippen LogP contribution in [0.15, 0.2) is 66.9 Å². The number of carbonyl (C=O) groups excluding carboxylic acids is 2. The van der Waals surface area contributed by atoms with Gasteiger partial charge in [-0.2, -0.15) is 0 Å². The average Bonchev–Trinajstić information content (AvgIpc) is 3.05. The van der Waals surface area contributed by atoms with Gasteiger partial charge in [0, 0.05) is 35.9 Å². The van der Waals surface area contributed by atoms with E-state index in [4.69, 9.17) is 19.9 Å². The van der Waals surface area contributed by atoms with Gasteiger partial charge in [0.1, 0.15) is 17.0 Å². The number of likely N-dealkylation sites (tertiary alicyclic amines) is 1. The predicted molar refractivity (Wildman–Crippen MR) is 174 cm³/mol. The maximum absolute atomic E-state index is 15.7. The third-order valence-corrected chi connectivity index (χ3v) is 9.08. The van der Waals surface area contributed by atoms with Gasteiger partial charge in [0.25, 0.3) is 0 Å². The first-order valence-corrected chi connectivity index (χ1v) is 16.0. The minimum Gasteiger partial charge on any atom is -0.493 e. The molecule has 4 aromatic rings. The summed E-state index contributed by atoms with van der Waals surface area (Å²) < 4.78 is 47.2. The second-order valence-corrected chi connectivity index (χ2v) is 12.1. The third-order valence-electron chi connectivity index (χ3n) is 9.08. The zero-order valence-electron chi connectivity index (χ0n) is 26.3. The molecule has 2 heterocycles. The zero-order valence-corrected chi connectivity index (χ0v) is 26.3. The van der Waals surface area contributed by atoms with Gasteiger partial charge < -0.3 is 24.8 Å². The lowest BCUT2D eigenvalue weighted by molar-refractivity contribution is -0.145. The molecule has 1 saturated heterocycles. The number of nitrogens with two attached hydrogens (primary N) is 1. The van der Waals surface area contributed by atoms with Crippen molar-refractivity contribution in [2.45, 2.75) is 44.9 Å². The lowest BCUT2D eigenvalue weighted by Crippen LogP contribution is -2.54. The summed E-state index contributed by atoms with van der Waals surface area (Å²) in [7, 11) is 1.55. The molecule has 2 N–H and O–H groups in total. The molecule has 2 aliphatic rings. The Hall–Kier alpha value is -4.77. The molecule has 11 heteroatoms. The molecule has 9 nitrogen and oxygen atoms in total. The SMILES string of the molecule is COc1cc2c(Oc3ccc(N(C(=O)C4(C(N)=O)CCC4)c4ccc(F)cc4)cc3F)ccnc2cc1OCCCN1CCCCC1. The number of rotatable bonds is 12. The fourth-order valence-corrected chi connectivity index (χ4v) is 6.26. The molecule has 1 saturated carbocycles. The van der Waals surface area contributed by atoms with Crippen molar-refractivity contribution in [3.8, 4) is 23.0 Å². The zero-order chi connectivity index (χ0) is 33.0. The smallest absolute Gasteiger partial charge is 0.247 e. The third kappa shape index (κ3) is 6.71. The van der Waals surface area contributed by atoms with Crippen molar-refractivity contribution in [3.63, 3.8) is 0 Å². The number of amides is 2. The maximum atomic E-state index is 15.7. The van der Waals surface area contributed by atoms with Crippen LogP contribution in [0.25, 0.3) is 10.9 Å². The highest BCUT2D eigenvalue weighted by atomic mass is 19.1. The first kappa shape index (κ1) is 32.2. The highest BCUT2D eigenvalue weighted by molar-refractivity contribution is 6.15. The summed E-state index contributed by atoms with van der Waals surface area (Å²) in [6, 6.07) is 14.4. The van der Waals surface area contributed by atoms with Crippen molar-refractivity contribution in [1.29, 1.82) is 0 Å². The molecule has 0 radical (unpaired) electrons. The van der Waals surface area contributed by atoms with Crippen molar-refractivity contribution >= 4 is 34.1 Å². The van der Waals surface area contributed by atoms with E-state index in [0.29, 0.717) is 41.2 Å². The van der Waals surface area contributed by atoms with Crippen molar-refractivity contribution in [1.82, 2.24) is 9.88 Å². The Labute approximate surface area is 272 Å². The van der Waals surface area contributed by atoms with Gasteiger partial charge >= 0.3 is 0 Å². The monoisotopic (exact) mass is 644 g/mol. The Morgan fingerprint density at radius 1 is 0.894 bits per heavy atom. The van der Waals surface area contributed by atoms with Gasteiger partial charge in [-0.3, -0.25) is 19.5 Å².